The van der Waals surface area contributed by atoms with Crippen molar-refractivity contribution in [3.63, 3.8) is 0 Å². The number of ether oxygens (including phenoxy) is 1. The zero-order chi connectivity index (χ0) is 32.9. The number of hydrogen-bond donors (Lipinski definition) is 3. The van der Waals surface area contributed by atoms with Crippen LogP contribution in [0.4, 0.5) is 4.79 Å². The maximum Gasteiger partial charge on any atom is 0.408 e. The van der Waals surface area contributed by atoms with Gasteiger partial charge >= 0.3 is 12.1 Å². The number of carboxylic acids is 1. The monoisotopic (exact) mass is 630 g/mol. The fourth-order valence-corrected chi connectivity index (χ4v) is 5.76. The van der Waals surface area contributed by atoms with E-state index in [1.165, 1.54) is 6.08 Å². The number of rotatable bonds is 15. The van der Waals surface area contributed by atoms with E-state index in [1.807, 2.05) is 91.0 Å². The van der Waals surface area contributed by atoms with E-state index in [2.05, 4.69) is 44.5 Å². The molecule has 0 saturated carbocycles. The molecule has 240 valence electrons. The van der Waals surface area contributed by atoms with Gasteiger partial charge in [-0.15, -0.1) is 0 Å². The third-order valence-electron chi connectivity index (χ3n) is 8.08. The summed E-state index contributed by atoms with van der Waals surface area (Å²) in [5.41, 5.74) is 2.77. The summed E-state index contributed by atoms with van der Waals surface area (Å²) in [4.78, 5) is 38.5. The minimum Gasteiger partial charge on any atom is -0.478 e. The van der Waals surface area contributed by atoms with Gasteiger partial charge in [-0.25, -0.2) is 9.59 Å². The molecule has 0 aromatic heterocycles. The Morgan fingerprint density at radius 3 is 1.89 bits per heavy atom. The number of carbonyl (C=O) groups excluding carboxylic acids is 2. The van der Waals surface area contributed by atoms with E-state index in [9.17, 15) is 19.5 Å². The molecular formula is C36H46N2O6Si. The zero-order valence-electron chi connectivity index (χ0n) is 26.9. The van der Waals surface area contributed by atoms with Crippen molar-refractivity contribution in [3.05, 3.63) is 120 Å². The van der Waals surface area contributed by atoms with E-state index in [1.54, 1.807) is 0 Å². The molecule has 3 aromatic carbocycles. The first-order valence-electron chi connectivity index (χ1n) is 15.3. The van der Waals surface area contributed by atoms with Crippen LogP contribution in [0.3, 0.4) is 0 Å². The van der Waals surface area contributed by atoms with Gasteiger partial charge in [-0.2, -0.15) is 0 Å². The lowest BCUT2D eigenvalue weighted by molar-refractivity contribution is -0.131. The molecule has 0 spiro atoms. The number of amides is 2. The first-order valence-corrected chi connectivity index (χ1v) is 18.2. The summed E-state index contributed by atoms with van der Waals surface area (Å²) < 4.78 is 12.2. The predicted octanol–water partition coefficient (Wildman–Crippen LogP) is 6.67. The molecule has 3 rings (SSSR count). The minimum atomic E-state index is -2.40. The highest BCUT2D eigenvalue weighted by atomic mass is 28.4. The molecule has 0 aliphatic rings. The Morgan fingerprint density at radius 2 is 1.36 bits per heavy atom. The summed E-state index contributed by atoms with van der Waals surface area (Å²) in [7, 11) is -2.40. The molecular weight excluding hydrogens is 584 g/mol. The molecule has 0 aliphatic heterocycles. The Morgan fingerprint density at radius 1 is 0.822 bits per heavy atom. The molecule has 3 atom stereocenters. The quantitative estimate of drug-likeness (QED) is 0.128. The Hall–Kier alpha value is -4.21. The van der Waals surface area contributed by atoms with E-state index >= 15 is 0 Å². The highest BCUT2D eigenvalue weighted by Gasteiger charge is 2.41. The van der Waals surface area contributed by atoms with Crippen molar-refractivity contribution in [3.8, 4) is 0 Å². The third kappa shape index (κ3) is 12.0. The van der Waals surface area contributed by atoms with Crippen molar-refractivity contribution in [2.75, 3.05) is 0 Å². The van der Waals surface area contributed by atoms with Gasteiger partial charge < -0.3 is 24.9 Å². The van der Waals surface area contributed by atoms with E-state index < -0.39 is 44.5 Å². The van der Waals surface area contributed by atoms with Crippen molar-refractivity contribution in [1.82, 2.24) is 10.6 Å². The van der Waals surface area contributed by atoms with E-state index in [-0.39, 0.29) is 18.1 Å². The molecule has 0 aliphatic carbocycles. The van der Waals surface area contributed by atoms with Crippen LogP contribution in [0.5, 0.6) is 0 Å². The third-order valence-corrected chi connectivity index (χ3v) is 12.6. The molecule has 0 radical (unpaired) electrons. The van der Waals surface area contributed by atoms with E-state index in [0.29, 0.717) is 12.8 Å². The summed E-state index contributed by atoms with van der Waals surface area (Å²) in [5, 5.41) is 15.2. The van der Waals surface area contributed by atoms with Crippen molar-refractivity contribution in [2.24, 2.45) is 0 Å². The van der Waals surface area contributed by atoms with Crippen LogP contribution >= 0.6 is 0 Å². The van der Waals surface area contributed by atoms with Crippen LogP contribution in [0.2, 0.25) is 18.1 Å². The summed E-state index contributed by atoms with van der Waals surface area (Å²) >= 11 is 0. The molecule has 3 aromatic rings. The van der Waals surface area contributed by atoms with Crippen LogP contribution < -0.4 is 10.6 Å². The fourth-order valence-electron chi connectivity index (χ4n) is 4.48. The number of aliphatic carboxylic acids is 1. The van der Waals surface area contributed by atoms with Crippen LogP contribution in [0.25, 0.3) is 0 Å². The lowest BCUT2D eigenvalue weighted by Gasteiger charge is -2.41. The average molecular weight is 631 g/mol. The molecule has 0 unspecified atom stereocenters. The smallest absolute Gasteiger partial charge is 0.408 e. The summed E-state index contributed by atoms with van der Waals surface area (Å²) in [6.45, 7) is 10.6. The summed E-state index contributed by atoms with van der Waals surface area (Å²) in [5.74, 6) is -1.52. The molecule has 8 nitrogen and oxygen atoms in total. The van der Waals surface area contributed by atoms with E-state index in [4.69, 9.17) is 9.16 Å². The predicted molar refractivity (Wildman–Crippen MR) is 179 cm³/mol. The van der Waals surface area contributed by atoms with Gasteiger partial charge in [0.25, 0.3) is 0 Å². The minimum absolute atomic E-state index is 0.0639. The van der Waals surface area contributed by atoms with Crippen LogP contribution in [0, 0.1) is 0 Å². The van der Waals surface area contributed by atoms with E-state index in [0.717, 1.165) is 22.8 Å². The topological polar surface area (TPSA) is 114 Å². The molecule has 3 N–H and O–H groups in total. The van der Waals surface area contributed by atoms with Gasteiger partial charge in [0.1, 0.15) is 12.6 Å². The highest BCUT2D eigenvalue weighted by Crippen LogP contribution is 2.38. The number of hydrogen-bond acceptors (Lipinski definition) is 5. The van der Waals surface area contributed by atoms with Gasteiger partial charge in [-0.3, -0.25) is 4.79 Å². The average Bonchev–Trinajstić information content (AvgIpc) is 3.00. The summed E-state index contributed by atoms with van der Waals surface area (Å²) in [6, 6.07) is 27.1. The first-order chi connectivity index (χ1) is 21.3. The van der Waals surface area contributed by atoms with Gasteiger partial charge in [0.2, 0.25) is 5.91 Å². The molecule has 2 amide bonds. The Balaban J connectivity index is 1.89. The van der Waals surface area contributed by atoms with Gasteiger partial charge in [-0.1, -0.05) is 112 Å². The van der Waals surface area contributed by atoms with Crippen molar-refractivity contribution in [2.45, 2.75) is 83.0 Å². The zero-order valence-corrected chi connectivity index (χ0v) is 27.9. The fraction of sp³-hybridized carbons (Fsp3) is 0.361. The Kier molecular flexibility index (Phi) is 13.1. The molecule has 0 heterocycles. The molecule has 0 fully saturated rings. The molecule has 45 heavy (non-hydrogen) atoms. The number of benzene rings is 3. The number of alkyl carbamates (subject to hydrolysis) is 1. The van der Waals surface area contributed by atoms with Gasteiger partial charge in [0, 0.05) is 12.5 Å². The van der Waals surface area contributed by atoms with Gasteiger partial charge in [0.05, 0.1) is 12.1 Å². The largest absolute Gasteiger partial charge is 0.478 e. The number of carboxylic acid groups (broad SMARTS) is 1. The van der Waals surface area contributed by atoms with Crippen molar-refractivity contribution in [1.29, 1.82) is 0 Å². The first kappa shape index (κ1) is 35.3. The second-order valence-electron chi connectivity index (χ2n) is 12.6. The number of carbonyl (C=O) groups is 3. The lowest BCUT2D eigenvalue weighted by atomic mass is 9.99. The van der Waals surface area contributed by atoms with Gasteiger partial charge in [0.15, 0.2) is 8.32 Å². The van der Waals surface area contributed by atoms with Crippen molar-refractivity contribution < 1.29 is 28.7 Å². The lowest BCUT2D eigenvalue weighted by Crippen LogP contribution is -2.55. The number of aryl methyl sites for hydroxylation is 1. The van der Waals surface area contributed by atoms with Crippen LogP contribution in [0.15, 0.2) is 103 Å². The summed E-state index contributed by atoms with van der Waals surface area (Å²) in [6.07, 6.45) is 2.51. The molecule has 0 bridgehead atoms. The maximum atomic E-state index is 14.0. The Labute approximate surface area is 268 Å². The normalized spacial score (nSPS) is 13.9. The van der Waals surface area contributed by atoms with Crippen LogP contribution in [-0.4, -0.2) is 49.6 Å². The van der Waals surface area contributed by atoms with Crippen LogP contribution in [0.1, 0.15) is 43.9 Å². The van der Waals surface area contributed by atoms with Gasteiger partial charge in [-0.05, 0) is 53.7 Å². The second-order valence-corrected chi connectivity index (χ2v) is 17.4. The maximum absolute atomic E-state index is 14.0. The van der Waals surface area contributed by atoms with Crippen LogP contribution in [-0.2, 0) is 38.2 Å². The highest BCUT2D eigenvalue weighted by molar-refractivity contribution is 6.74. The van der Waals surface area contributed by atoms with Crippen molar-refractivity contribution >= 4 is 26.3 Å². The second kappa shape index (κ2) is 16.7. The molecule has 0 saturated heterocycles. The number of nitrogens with one attached hydrogen (secondary N) is 2. The standard InChI is InChI=1S/C36H46N2O6Si/c1-36(2,3)45(4,5)44-32(23-24-33(39)40)30(22-21-27-15-9-6-10-16-27)37-34(41)31(25-28-17-11-7-12-18-28)38-35(42)43-26-29-19-13-8-14-20-29/h6-20,23-24,30-32H,21-22,25-26H2,1-5H3,(H,37,41)(H,38,42)(H,39,40)/b24-23+/t30-,31-,32-/m0/s1. The Bertz CT molecular complexity index is 1390. The SMILES string of the molecule is CC(C)(C)[Si](C)(C)O[C@@H](/C=C/C(=O)O)[C@H](CCc1ccccc1)NC(=O)[C@H](Cc1ccccc1)NC(=O)OCc1ccccc1. The molecule has 9 heteroatoms.